The normalized spacial score (nSPS) is 20.3. The van der Waals surface area contributed by atoms with Gasteiger partial charge < -0.3 is 19.1 Å². The summed E-state index contributed by atoms with van der Waals surface area (Å²) in [4.78, 5) is 26.7. The first-order valence-corrected chi connectivity index (χ1v) is 9.60. The summed E-state index contributed by atoms with van der Waals surface area (Å²) in [6, 6.07) is 5.76. The summed E-state index contributed by atoms with van der Waals surface area (Å²) in [5.41, 5.74) is 0.906. The quantitative estimate of drug-likeness (QED) is 0.684. The van der Waals surface area contributed by atoms with Gasteiger partial charge in [0.25, 0.3) is 0 Å². The van der Waals surface area contributed by atoms with Crippen LogP contribution in [0.1, 0.15) is 46.1 Å². The highest BCUT2D eigenvalue weighted by molar-refractivity contribution is 5.78. The molecule has 1 saturated carbocycles. The molecule has 1 aliphatic carbocycles. The van der Waals surface area contributed by atoms with Gasteiger partial charge in [-0.05, 0) is 42.4 Å². The van der Waals surface area contributed by atoms with E-state index >= 15 is 0 Å². The van der Waals surface area contributed by atoms with Gasteiger partial charge >= 0.3 is 5.97 Å². The van der Waals surface area contributed by atoms with E-state index in [2.05, 4.69) is 20.8 Å². The Balaban J connectivity index is 1.68. The summed E-state index contributed by atoms with van der Waals surface area (Å²) >= 11 is 0. The van der Waals surface area contributed by atoms with Crippen LogP contribution in [0.5, 0.6) is 11.5 Å². The molecule has 1 heterocycles. The van der Waals surface area contributed by atoms with Gasteiger partial charge in [-0.2, -0.15) is 0 Å². The lowest BCUT2D eigenvalue weighted by Gasteiger charge is -2.27. The fourth-order valence-corrected chi connectivity index (χ4v) is 3.35. The molecule has 27 heavy (non-hydrogen) atoms. The molecule has 0 radical (unpaired) electrons. The number of carbonyl (C=O) groups excluding carboxylic acids is 2. The average molecular weight is 375 g/mol. The van der Waals surface area contributed by atoms with Crippen LogP contribution in [-0.4, -0.2) is 36.7 Å². The van der Waals surface area contributed by atoms with E-state index in [1.54, 1.807) is 0 Å². The van der Waals surface area contributed by atoms with Crippen LogP contribution in [0.4, 0.5) is 0 Å². The molecule has 0 spiro atoms. The molecule has 1 amide bonds. The van der Waals surface area contributed by atoms with Crippen molar-refractivity contribution in [2.75, 3.05) is 19.9 Å². The second-order valence-corrected chi connectivity index (χ2v) is 8.55. The Morgan fingerprint density at radius 3 is 2.67 bits per heavy atom. The zero-order chi connectivity index (χ0) is 19.6. The minimum atomic E-state index is -0.145. The zero-order valence-electron chi connectivity index (χ0n) is 16.6. The fourth-order valence-electron chi connectivity index (χ4n) is 3.35. The Bertz CT molecular complexity index is 709. The SMILES string of the molecule is CCOC(=O)[C@H]1C[C@@H]1CN(Cc1ccc2c(c1)OCO2)C(=O)CC(C)(C)C. The Kier molecular flexibility index (Phi) is 5.63. The summed E-state index contributed by atoms with van der Waals surface area (Å²) in [6.45, 7) is 9.69. The molecule has 1 fully saturated rings. The minimum Gasteiger partial charge on any atom is -0.466 e. The lowest BCUT2D eigenvalue weighted by atomic mass is 9.91. The van der Waals surface area contributed by atoms with Crippen molar-refractivity contribution in [1.82, 2.24) is 4.90 Å². The predicted octanol–water partition coefficient (Wildman–Crippen LogP) is 3.38. The maximum atomic E-state index is 12.9. The van der Waals surface area contributed by atoms with E-state index in [9.17, 15) is 9.59 Å². The monoisotopic (exact) mass is 375 g/mol. The molecule has 6 heteroatoms. The second-order valence-electron chi connectivity index (χ2n) is 8.55. The van der Waals surface area contributed by atoms with Crippen LogP contribution < -0.4 is 9.47 Å². The van der Waals surface area contributed by atoms with E-state index in [1.807, 2.05) is 30.0 Å². The van der Waals surface area contributed by atoms with Gasteiger partial charge in [-0.25, -0.2) is 0 Å². The molecule has 1 aromatic rings. The highest BCUT2D eigenvalue weighted by Crippen LogP contribution is 2.41. The van der Waals surface area contributed by atoms with Crippen LogP contribution in [0.15, 0.2) is 18.2 Å². The Labute approximate surface area is 160 Å². The molecule has 2 atom stereocenters. The maximum Gasteiger partial charge on any atom is 0.309 e. The molecule has 0 N–H and O–H groups in total. The fraction of sp³-hybridized carbons (Fsp3) is 0.619. The first kappa shape index (κ1) is 19.5. The van der Waals surface area contributed by atoms with E-state index < -0.39 is 0 Å². The molecule has 3 rings (SSSR count). The highest BCUT2D eigenvalue weighted by atomic mass is 16.7. The van der Waals surface area contributed by atoms with Gasteiger partial charge in [0.2, 0.25) is 12.7 Å². The van der Waals surface area contributed by atoms with Crippen LogP contribution in [0.25, 0.3) is 0 Å². The van der Waals surface area contributed by atoms with Crippen LogP contribution in [0, 0.1) is 17.3 Å². The van der Waals surface area contributed by atoms with Gasteiger partial charge in [0.1, 0.15) is 0 Å². The largest absolute Gasteiger partial charge is 0.466 e. The first-order chi connectivity index (χ1) is 12.8. The van der Waals surface area contributed by atoms with Gasteiger partial charge in [-0.1, -0.05) is 26.8 Å². The summed E-state index contributed by atoms with van der Waals surface area (Å²) < 4.78 is 15.9. The molecule has 0 saturated heterocycles. The van der Waals surface area contributed by atoms with Crippen molar-refractivity contribution in [2.45, 2.75) is 47.1 Å². The molecule has 0 unspecified atom stereocenters. The van der Waals surface area contributed by atoms with Crippen molar-refractivity contribution >= 4 is 11.9 Å². The standard InChI is InChI=1S/C21H29NO5/c1-5-25-20(24)16-9-15(16)12-22(19(23)10-21(2,3)4)11-14-6-7-17-18(8-14)27-13-26-17/h6-8,15-16H,5,9-13H2,1-4H3/t15-,16+/m1/s1. The first-order valence-electron chi connectivity index (χ1n) is 9.60. The number of nitrogens with zero attached hydrogens (tertiary/aromatic N) is 1. The smallest absolute Gasteiger partial charge is 0.309 e. The maximum absolute atomic E-state index is 12.9. The van der Waals surface area contributed by atoms with E-state index in [0.29, 0.717) is 31.9 Å². The third-order valence-electron chi connectivity index (χ3n) is 4.81. The lowest BCUT2D eigenvalue weighted by molar-refractivity contribution is -0.145. The van der Waals surface area contributed by atoms with Crippen LogP contribution in [-0.2, 0) is 20.9 Å². The molecule has 0 bridgehead atoms. The molecule has 0 aromatic heterocycles. The molecule has 6 nitrogen and oxygen atoms in total. The average Bonchev–Trinajstić information content (AvgIpc) is 3.19. The van der Waals surface area contributed by atoms with Crippen LogP contribution >= 0.6 is 0 Å². The second kappa shape index (κ2) is 7.79. The molecule has 1 aliphatic heterocycles. The van der Waals surface area contributed by atoms with Gasteiger partial charge in [0.15, 0.2) is 11.5 Å². The topological polar surface area (TPSA) is 65.1 Å². The zero-order valence-corrected chi connectivity index (χ0v) is 16.6. The van der Waals surface area contributed by atoms with E-state index in [1.165, 1.54) is 0 Å². The number of esters is 1. The van der Waals surface area contributed by atoms with Gasteiger partial charge in [0, 0.05) is 19.5 Å². The third-order valence-corrected chi connectivity index (χ3v) is 4.81. The van der Waals surface area contributed by atoms with Crippen molar-refractivity contribution < 1.29 is 23.8 Å². The predicted molar refractivity (Wildman–Crippen MR) is 100 cm³/mol. The highest BCUT2D eigenvalue weighted by Gasteiger charge is 2.45. The van der Waals surface area contributed by atoms with E-state index in [-0.39, 0.29) is 35.9 Å². The van der Waals surface area contributed by atoms with Crippen LogP contribution in [0.2, 0.25) is 0 Å². The Morgan fingerprint density at radius 2 is 1.96 bits per heavy atom. The molecule has 148 valence electrons. The van der Waals surface area contributed by atoms with Crippen molar-refractivity contribution in [3.63, 3.8) is 0 Å². The molecule has 2 aliphatic rings. The van der Waals surface area contributed by atoms with Gasteiger partial charge in [0.05, 0.1) is 12.5 Å². The number of rotatable bonds is 7. The van der Waals surface area contributed by atoms with Crippen molar-refractivity contribution in [3.05, 3.63) is 23.8 Å². The summed E-state index contributed by atoms with van der Waals surface area (Å²) in [6.07, 6.45) is 1.26. The summed E-state index contributed by atoms with van der Waals surface area (Å²) in [7, 11) is 0. The third kappa shape index (κ3) is 5.15. The summed E-state index contributed by atoms with van der Waals surface area (Å²) in [5.74, 6) is 1.51. The molecular weight excluding hydrogens is 346 g/mol. The molecule has 1 aromatic carbocycles. The number of fused-ring (bicyclic) bond motifs is 1. The lowest BCUT2D eigenvalue weighted by Crippen LogP contribution is -2.35. The number of amides is 1. The van der Waals surface area contributed by atoms with Crippen molar-refractivity contribution in [3.8, 4) is 11.5 Å². The van der Waals surface area contributed by atoms with E-state index in [4.69, 9.17) is 14.2 Å². The minimum absolute atomic E-state index is 0.0772. The summed E-state index contributed by atoms with van der Waals surface area (Å²) in [5, 5.41) is 0. The number of hydrogen-bond donors (Lipinski definition) is 0. The number of benzene rings is 1. The number of hydrogen-bond acceptors (Lipinski definition) is 5. The van der Waals surface area contributed by atoms with E-state index in [0.717, 1.165) is 17.7 Å². The van der Waals surface area contributed by atoms with Crippen molar-refractivity contribution in [1.29, 1.82) is 0 Å². The van der Waals surface area contributed by atoms with Crippen molar-refractivity contribution in [2.24, 2.45) is 17.3 Å². The number of carbonyl (C=O) groups is 2. The van der Waals surface area contributed by atoms with Gasteiger partial charge in [-0.3, -0.25) is 9.59 Å². The van der Waals surface area contributed by atoms with Gasteiger partial charge in [-0.15, -0.1) is 0 Å². The van der Waals surface area contributed by atoms with Crippen LogP contribution in [0.3, 0.4) is 0 Å². The molecular formula is C21H29NO5. The Hall–Kier alpha value is -2.24. The Morgan fingerprint density at radius 1 is 1.22 bits per heavy atom. The number of ether oxygens (including phenoxy) is 3.